The minimum atomic E-state index is -2.14. The summed E-state index contributed by atoms with van der Waals surface area (Å²) in [4.78, 5) is 21.6. The molecule has 7 rings (SSSR count). The van der Waals surface area contributed by atoms with Gasteiger partial charge in [-0.2, -0.15) is 4.36 Å². The molecule has 7 nitrogen and oxygen atoms in total. The fourth-order valence-corrected chi connectivity index (χ4v) is 7.12. The summed E-state index contributed by atoms with van der Waals surface area (Å²) in [6, 6.07) is 7.90. The van der Waals surface area contributed by atoms with E-state index in [0.717, 1.165) is 42.6 Å². The van der Waals surface area contributed by atoms with Crippen molar-refractivity contribution in [3.05, 3.63) is 48.0 Å². The maximum Gasteiger partial charge on any atom is 0.173 e. The second kappa shape index (κ2) is 8.50. The van der Waals surface area contributed by atoms with E-state index in [1.165, 1.54) is 18.5 Å². The number of aryl methyl sites for hydroxylation is 1. The predicted octanol–water partition coefficient (Wildman–Crippen LogP) is 5.85. The number of benzene rings is 2. The number of nitrogens with one attached hydrogen (secondary N) is 1. The van der Waals surface area contributed by atoms with Crippen molar-refractivity contribution in [3.63, 3.8) is 0 Å². The molecule has 9 heteroatoms. The Morgan fingerprint density at radius 2 is 2.03 bits per heavy atom. The van der Waals surface area contributed by atoms with Gasteiger partial charge in [-0.3, -0.25) is 4.79 Å². The molecule has 0 radical (unpaired) electrons. The fraction of sp³-hybridized carbons (Fsp3) is 0.444. The Labute approximate surface area is 210 Å². The van der Waals surface area contributed by atoms with E-state index in [2.05, 4.69) is 19.6 Å². The van der Waals surface area contributed by atoms with E-state index in [9.17, 15) is 13.4 Å². The molecular formula is C27H29FN4O3S. The minimum absolute atomic E-state index is 0.0488. The molecular weight excluding hydrogens is 479 g/mol. The van der Waals surface area contributed by atoms with E-state index in [1.54, 1.807) is 13.0 Å². The third kappa shape index (κ3) is 4.23. The Morgan fingerprint density at radius 1 is 1.25 bits per heavy atom. The monoisotopic (exact) mass is 508 g/mol. The van der Waals surface area contributed by atoms with Crippen molar-refractivity contribution in [1.29, 1.82) is 0 Å². The summed E-state index contributed by atoms with van der Waals surface area (Å²) in [5.41, 5.74) is 2.89. The highest BCUT2D eigenvalue weighted by molar-refractivity contribution is 7.95. The summed E-state index contributed by atoms with van der Waals surface area (Å²) in [6.45, 7) is 3.65. The molecule has 0 unspecified atom stereocenters. The van der Waals surface area contributed by atoms with Gasteiger partial charge in [0, 0.05) is 29.4 Å². The van der Waals surface area contributed by atoms with Gasteiger partial charge in [-0.05, 0) is 80.7 Å². The molecule has 3 aromatic rings. The first-order chi connectivity index (χ1) is 17.2. The number of ether oxygens (including phenoxy) is 1. The maximum atomic E-state index is 14.2. The number of carbonyl (C=O) groups excluding carboxylic acids is 1. The number of fused-ring (bicyclic) bond motifs is 1. The number of ketones is 1. The number of hydrogen-bond donors (Lipinski definition) is 1. The molecule has 4 fully saturated rings. The molecule has 4 aliphatic rings. The maximum absolute atomic E-state index is 14.2. The van der Waals surface area contributed by atoms with Gasteiger partial charge in [0.1, 0.15) is 23.7 Å². The number of halogens is 1. The number of anilines is 2. The SMILES string of the molecule is Cc1cc(N=S2(=O)CCC2)cc2ncnc(Nc3ccc(F)cc3O[C@H](C)C(=O)CC34CC(C3)C4)c12. The highest BCUT2D eigenvalue weighted by Crippen LogP contribution is 2.66. The molecule has 2 aromatic carbocycles. The van der Waals surface area contributed by atoms with E-state index in [1.807, 2.05) is 19.1 Å². The van der Waals surface area contributed by atoms with Gasteiger partial charge in [0.05, 0.1) is 26.6 Å². The number of hydrogen-bond acceptors (Lipinski definition) is 7. The first kappa shape index (κ1) is 23.3. The number of Topliss-reactive ketones (excluding diaryl/α,β-unsaturated/α-hetero) is 1. The Balaban J connectivity index is 1.27. The van der Waals surface area contributed by atoms with Crippen LogP contribution in [0.25, 0.3) is 10.9 Å². The lowest BCUT2D eigenvalue weighted by atomic mass is 9.43. The average Bonchev–Trinajstić information content (AvgIpc) is 2.75. The van der Waals surface area contributed by atoms with Crippen LogP contribution in [0.15, 0.2) is 41.0 Å². The van der Waals surface area contributed by atoms with Crippen molar-refractivity contribution < 1.29 is 18.1 Å². The molecule has 2 bridgehead atoms. The van der Waals surface area contributed by atoms with E-state index in [4.69, 9.17) is 4.74 Å². The highest BCUT2D eigenvalue weighted by atomic mass is 32.2. The van der Waals surface area contributed by atoms with E-state index in [0.29, 0.717) is 40.6 Å². The summed E-state index contributed by atoms with van der Waals surface area (Å²) in [6.07, 6.45) is 5.66. The first-order valence-corrected chi connectivity index (χ1v) is 14.3. The molecule has 188 valence electrons. The molecule has 1 aliphatic heterocycles. The summed E-state index contributed by atoms with van der Waals surface area (Å²) in [7, 11) is -2.14. The van der Waals surface area contributed by atoms with Crippen LogP contribution in [-0.2, 0) is 14.5 Å². The zero-order chi connectivity index (χ0) is 25.1. The van der Waals surface area contributed by atoms with Gasteiger partial charge in [-0.1, -0.05) is 0 Å². The quantitative estimate of drug-likeness (QED) is 0.410. The van der Waals surface area contributed by atoms with Crippen LogP contribution in [0.5, 0.6) is 5.75 Å². The lowest BCUT2D eigenvalue weighted by Crippen LogP contribution is -2.53. The normalized spacial score (nSPS) is 24.1. The Bertz CT molecular complexity index is 1490. The molecule has 36 heavy (non-hydrogen) atoms. The van der Waals surface area contributed by atoms with Gasteiger partial charge in [0.25, 0.3) is 0 Å². The van der Waals surface area contributed by atoms with Crippen molar-refractivity contribution in [3.8, 4) is 5.75 Å². The van der Waals surface area contributed by atoms with Crippen LogP contribution < -0.4 is 10.1 Å². The number of aromatic nitrogens is 2. The molecule has 0 spiro atoms. The second-order valence-corrected chi connectivity index (χ2v) is 13.2. The number of rotatable bonds is 8. The van der Waals surface area contributed by atoms with Crippen LogP contribution in [0, 0.1) is 24.1 Å². The van der Waals surface area contributed by atoms with Crippen LogP contribution in [0.1, 0.15) is 44.6 Å². The molecule has 0 amide bonds. The topological polar surface area (TPSA) is 93.5 Å². The van der Waals surface area contributed by atoms with E-state index in [-0.39, 0.29) is 16.9 Å². The average molecular weight is 509 g/mol. The highest BCUT2D eigenvalue weighted by Gasteiger charge is 2.57. The van der Waals surface area contributed by atoms with Crippen molar-refractivity contribution in [2.75, 3.05) is 16.8 Å². The predicted molar refractivity (Wildman–Crippen MR) is 138 cm³/mol. The zero-order valence-corrected chi connectivity index (χ0v) is 21.2. The summed E-state index contributed by atoms with van der Waals surface area (Å²) >= 11 is 0. The molecule has 1 saturated heterocycles. The van der Waals surface area contributed by atoms with Crippen molar-refractivity contribution in [2.24, 2.45) is 15.7 Å². The molecule has 1 atom stereocenters. The number of carbonyl (C=O) groups is 1. The smallest absolute Gasteiger partial charge is 0.173 e. The third-order valence-corrected chi connectivity index (χ3v) is 10.2. The Morgan fingerprint density at radius 3 is 2.69 bits per heavy atom. The lowest BCUT2D eigenvalue weighted by Gasteiger charge is -2.62. The largest absolute Gasteiger partial charge is 0.481 e. The standard InChI is InChI=1S/C27H29FN4O3S/c1-16-8-20(32-36(34)6-3-7-36)10-22-25(16)26(30-15-29-22)31-21-5-4-19(28)9-24(21)35-17(2)23(33)14-27-11-18(12-27)13-27/h4-5,8-10,15,17-18H,3,6-7,11-14H2,1-2H3,(H,29,30,31)/t17-,18?,27?/m1/s1. The molecule has 3 aliphatic carbocycles. The summed E-state index contributed by atoms with van der Waals surface area (Å²) in [5, 5.41) is 4.04. The van der Waals surface area contributed by atoms with Crippen LogP contribution in [0.4, 0.5) is 21.6 Å². The molecule has 2 heterocycles. The van der Waals surface area contributed by atoms with Crippen LogP contribution >= 0.6 is 0 Å². The Hall–Kier alpha value is -3.07. The first-order valence-electron chi connectivity index (χ1n) is 12.4. The fourth-order valence-electron chi connectivity index (χ4n) is 5.66. The summed E-state index contributed by atoms with van der Waals surface area (Å²) < 4.78 is 37.2. The lowest BCUT2D eigenvalue weighted by molar-refractivity contribution is -0.147. The number of nitrogens with zero attached hydrogens (tertiary/aromatic N) is 3. The van der Waals surface area contributed by atoms with Crippen LogP contribution in [0.2, 0.25) is 0 Å². The van der Waals surface area contributed by atoms with Crippen molar-refractivity contribution in [2.45, 2.75) is 52.1 Å². The van der Waals surface area contributed by atoms with Crippen molar-refractivity contribution >= 4 is 43.6 Å². The summed E-state index contributed by atoms with van der Waals surface area (Å²) in [5.74, 6) is 2.46. The zero-order valence-electron chi connectivity index (χ0n) is 20.4. The molecule has 1 N–H and O–H groups in total. The minimum Gasteiger partial charge on any atom is -0.481 e. The van der Waals surface area contributed by atoms with Crippen molar-refractivity contribution in [1.82, 2.24) is 9.97 Å². The van der Waals surface area contributed by atoms with Gasteiger partial charge in [0.15, 0.2) is 11.9 Å². The van der Waals surface area contributed by atoms with Gasteiger partial charge >= 0.3 is 0 Å². The molecule has 3 saturated carbocycles. The Kier molecular flexibility index (Phi) is 5.51. The van der Waals surface area contributed by atoms with Gasteiger partial charge in [-0.25, -0.2) is 18.6 Å². The van der Waals surface area contributed by atoms with Gasteiger partial charge < -0.3 is 10.1 Å². The molecule has 1 aromatic heterocycles. The van der Waals surface area contributed by atoms with Crippen LogP contribution in [-0.4, -0.2) is 37.6 Å². The van der Waals surface area contributed by atoms with E-state index >= 15 is 0 Å². The van der Waals surface area contributed by atoms with Crippen LogP contribution in [0.3, 0.4) is 0 Å². The van der Waals surface area contributed by atoms with Gasteiger partial charge in [-0.15, -0.1) is 0 Å². The third-order valence-electron chi connectivity index (χ3n) is 7.79. The second-order valence-electron chi connectivity index (χ2n) is 10.7. The van der Waals surface area contributed by atoms with Gasteiger partial charge in [0.2, 0.25) is 0 Å². The van der Waals surface area contributed by atoms with E-state index < -0.39 is 21.7 Å².